The zero-order valence-corrected chi connectivity index (χ0v) is 9.39. The Hall–Kier alpha value is -2.22. The molecular weight excluding hydrogens is 202 g/mol. The van der Waals surface area contributed by atoms with Crippen LogP contribution < -0.4 is 0 Å². The fourth-order valence-electron chi connectivity index (χ4n) is 1.44. The van der Waals surface area contributed by atoms with Crippen molar-refractivity contribution in [1.82, 2.24) is 19.7 Å². The summed E-state index contributed by atoms with van der Waals surface area (Å²) in [7, 11) is 1.87. The van der Waals surface area contributed by atoms with Gasteiger partial charge in [-0.3, -0.25) is 4.68 Å². The Labute approximate surface area is 93.4 Å². The van der Waals surface area contributed by atoms with E-state index in [0.717, 1.165) is 11.4 Å². The highest BCUT2D eigenvalue weighted by molar-refractivity contribution is 5.55. The summed E-state index contributed by atoms with van der Waals surface area (Å²) in [5.74, 6) is 0.581. The highest BCUT2D eigenvalue weighted by Crippen LogP contribution is 2.16. The molecule has 0 aromatic carbocycles. The average molecular weight is 213 g/mol. The number of hydrogen-bond donors (Lipinski definition) is 0. The van der Waals surface area contributed by atoms with E-state index in [-0.39, 0.29) is 0 Å². The molecule has 2 rings (SSSR count). The molecule has 0 aliphatic carbocycles. The molecule has 0 aliphatic heterocycles. The van der Waals surface area contributed by atoms with Crippen molar-refractivity contribution in [2.45, 2.75) is 13.8 Å². The van der Waals surface area contributed by atoms with E-state index in [4.69, 9.17) is 5.26 Å². The highest BCUT2D eigenvalue weighted by atomic mass is 15.3. The fraction of sp³-hybridized carbons (Fsp3) is 0.273. The first-order valence-electron chi connectivity index (χ1n) is 4.87. The Morgan fingerprint density at radius 2 is 1.94 bits per heavy atom. The lowest BCUT2D eigenvalue weighted by Gasteiger charge is -1.98. The van der Waals surface area contributed by atoms with Crippen molar-refractivity contribution < 1.29 is 0 Å². The molecule has 0 atom stereocenters. The van der Waals surface area contributed by atoms with Crippen LogP contribution in [-0.4, -0.2) is 19.7 Å². The molecule has 5 heteroatoms. The van der Waals surface area contributed by atoms with Crippen LogP contribution in [0.25, 0.3) is 11.4 Å². The largest absolute Gasteiger partial charge is 0.272 e. The molecule has 0 spiro atoms. The van der Waals surface area contributed by atoms with Crippen LogP contribution in [0.4, 0.5) is 0 Å². The number of nitriles is 1. The van der Waals surface area contributed by atoms with Crippen LogP contribution in [0.1, 0.15) is 17.2 Å². The number of nitrogens with zero attached hydrogens (tertiary/aromatic N) is 5. The lowest BCUT2D eigenvalue weighted by Crippen LogP contribution is -1.96. The number of rotatable bonds is 1. The quantitative estimate of drug-likeness (QED) is 0.717. The van der Waals surface area contributed by atoms with E-state index in [0.29, 0.717) is 17.2 Å². The first-order chi connectivity index (χ1) is 7.60. The van der Waals surface area contributed by atoms with Crippen LogP contribution in [0, 0.1) is 25.2 Å². The van der Waals surface area contributed by atoms with Crippen molar-refractivity contribution in [3.8, 4) is 17.5 Å². The summed E-state index contributed by atoms with van der Waals surface area (Å²) in [5, 5.41) is 13.1. The van der Waals surface area contributed by atoms with Gasteiger partial charge in [0.1, 0.15) is 23.3 Å². The maximum Gasteiger partial charge on any atom is 0.144 e. The fourth-order valence-corrected chi connectivity index (χ4v) is 1.44. The molecule has 0 aliphatic rings. The van der Waals surface area contributed by atoms with Crippen LogP contribution in [0.5, 0.6) is 0 Å². The molecule has 2 aromatic heterocycles. The molecule has 80 valence electrons. The topological polar surface area (TPSA) is 67.4 Å². The molecule has 5 nitrogen and oxygen atoms in total. The van der Waals surface area contributed by atoms with Crippen molar-refractivity contribution in [3.05, 3.63) is 29.3 Å². The predicted molar refractivity (Wildman–Crippen MR) is 58.4 cm³/mol. The average Bonchev–Trinajstić information content (AvgIpc) is 2.58. The van der Waals surface area contributed by atoms with Gasteiger partial charge in [-0.2, -0.15) is 10.4 Å². The van der Waals surface area contributed by atoms with Crippen molar-refractivity contribution >= 4 is 0 Å². The van der Waals surface area contributed by atoms with Crippen molar-refractivity contribution in [2.75, 3.05) is 0 Å². The molecule has 2 heterocycles. The number of aromatic nitrogens is 4. The minimum atomic E-state index is 0.366. The van der Waals surface area contributed by atoms with Gasteiger partial charge in [0, 0.05) is 18.8 Å². The third-order valence-electron chi connectivity index (χ3n) is 2.33. The Balaban J connectivity index is 2.56. The van der Waals surface area contributed by atoms with E-state index in [1.165, 1.54) is 0 Å². The number of hydrogen-bond acceptors (Lipinski definition) is 4. The van der Waals surface area contributed by atoms with E-state index < -0.39 is 0 Å². The smallest absolute Gasteiger partial charge is 0.144 e. The van der Waals surface area contributed by atoms with Crippen molar-refractivity contribution in [3.63, 3.8) is 0 Å². The minimum Gasteiger partial charge on any atom is -0.272 e. The van der Waals surface area contributed by atoms with Gasteiger partial charge in [0.25, 0.3) is 0 Å². The second-order valence-electron chi connectivity index (χ2n) is 3.59. The van der Waals surface area contributed by atoms with Gasteiger partial charge >= 0.3 is 0 Å². The summed E-state index contributed by atoms with van der Waals surface area (Å²) in [6.45, 7) is 3.73. The predicted octanol–water partition coefficient (Wildman–Crippen LogP) is 1.37. The molecule has 2 aromatic rings. The van der Waals surface area contributed by atoms with E-state index in [9.17, 15) is 0 Å². The van der Waals surface area contributed by atoms with Crippen molar-refractivity contribution in [1.29, 1.82) is 5.26 Å². The van der Waals surface area contributed by atoms with Gasteiger partial charge in [-0.15, -0.1) is 0 Å². The molecule has 0 amide bonds. The zero-order valence-electron chi connectivity index (χ0n) is 9.39. The lowest BCUT2D eigenvalue weighted by atomic mass is 10.2. The van der Waals surface area contributed by atoms with Gasteiger partial charge in [-0.05, 0) is 19.9 Å². The summed E-state index contributed by atoms with van der Waals surface area (Å²) in [6, 6.07) is 5.59. The van der Waals surface area contributed by atoms with E-state index in [1.807, 2.05) is 26.1 Å². The normalized spacial score (nSPS) is 10.1. The first kappa shape index (κ1) is 10.3. The van der Waals surface area contributed by atoms with Gasteiger partial charge in [-0.1, -0.05) is 0 Å². The summed E-state index contributed by atoms with van der Waals surface area (Å²) in [6.07, 6.45) is 0. The van der Waals surface area contributed by atoms with Crippen LogP contribution in [0.3, 0.4) is 0 Å². The molecule has 0 bridgehead atoms. The van der Waals surface area contributed by atoms with Crippen LogP contribution in [-0.2, 0) is 7.05 Å². The Morgan fingerprint density at radius 3 is 2.50 bits per heavy atom. The van der Waals surface area contributed by atoms with Crippen LogP contribution in [0.15, 0.2) is 12.1 Å². The maximum absolute atomic E-state index is 8.83. The molecule has 0 radical (unpaired) electrons. The van der Waals surface area contributed by atoms with E-state index >= 15 is 0 Å². The molecule has 0 unspecified atom stereocenters. The van der Waals surface area contributed by atoms with Gasteiger partial charge in [-0.25, -0.2) is 9.97 Å². The van der Waals surface area contributed by atoms with Gasteiger partial charge < -0.3 is 0 Å². The van der Waals surface area contributed by atoms with Gasteiger partial charge in [0.15, 0.2) is 0 Å². The molecule has 0 fully saturated rings. The zero-order chi connectivity index (χ0) is 11.7. The summed E-state index contributed by atoms with van der Waals surface area (Å²) in [5.41, 5.74) is 2.87. The molecule has 0 saturated carbocycles. The van der Waals surface area contributed by atoms with Gasteiger partial charge in [0.05, 0.1) is 5.69 Å². The van der Waals surface area contributed by atoms with Crippen LogP contribution >= 0.6 is 0 Å². The third kappa shape index (κ3) is 1.77. The molecular formula is C11H11N5. The Kier molecular flexibility index (Phi) is 2.41. The lowest BCUT2D eigenvalue weighted by molar-refractivity contribution is 0.741. The second kappa shape index (κ2) is 3.74. The number of aryl methyl sites for hydroxylation is 3. The third-order valence-corrected chi connectivity index (χ3v) is 2.33. The highest BCUT2D eigenvalue weighted by Gasteiger charge is 2.08. The van der Waals surface area contributed by atoms with Gasteiger partial charge in [0.2, 0.25) is 0 Å². The summed E-state index contributed by atoms with van der Waals surface area (Å²) < 4.78 is 1.78. The Bertz CT molecular complexity index is 557. The first-order valence-corrected chi connectivity index (χ1v) is 4.87. The monoisotopic (exact) mass is 213 g/mol. The van der Waals surface area contributed by atoms with Crippen LogP contribution in [0.2, 0.25) is 0 Å². The SMILES string of the molecule is Cc1nc(C#N)cc(-c2cc(C)n(C)n2)n1. The second-order valence-corrected chi connectivity index (χ2v) is 3.59. The standard InChI is InChI=1S/C11H11N5/c1-7-4-11(15-16(7)3)10-5-9(6-12)13-8(2)14-10/h4-5H,1-3H3. The van der Waals surface area contributed by atoms with Crippen molar-refractivity contribution in [2.24, 2.45) is 7.05 Å². The maximum atomic E-state index is 8.83. The summed E-state index contributed by atoms with van der Waals surface area (Å²) in [4.78, 5) is 8.27. The van der Waals surface area contributed by atoms with E-state index in [2.05, 4.69) is 15.1 Å². The molecule has 0 saturated heterocycles. The Morgan fingerprint density at radius 1 is 1.19 bits per heavy atom. The van der Waals surface area contributed by atoms with E-state index in [1.54, 1.807) is 17.7 Å². The minimum absolute atomic E-state index is 0.366. The summed E-state index contributed by atoms with van der Waals surface area (Å²) >= 11 is 0. The molecule has 0 N–H and O–H groups in total. The molecule has 16 heavy (non-hydrogen) atoms.